The second kappa shape index (κ2) is 6.55. The van der Waals surface area contributed by atoms with Crippen molar-refractivity contribution in [3.63, 3.8) is 0 Å². The zero-order valence-electron chi connectivity index (χ0n) is 10.7. The number of methoxy groups -OCH3 is 1. The summed E-state index contributed by atoms with van der Waals surface area (Å²) in [5.41, 5.74) is 1.58. The van der Waals surface area contributed by atoms with Crippen LogP contribution in [0.25, 0.3) is 5.69 Å². The Morgan fingerprint density at radius 1 is 1.37 bits per heavy atom. The lowest BCUT2D eigenvalue weighted by atomic mass is 10.3. The van der Waals surface area contributed by atoms with Gasteiger partial charge in [0.05, 0.1) is 30.4 Å². The summed E-state index contributed by atoms with van der Waals surface area (Å²) < 4.78 is 6.54. The zero-order valence-corrected chi connectivity index (χ0v) is 10.7. The first-order valence-corrected chi connectivity index (χ1v) is 5.93. The number of carbonyl (C=O) groups excluding carboxylic acids is 1. The van der Waals surface area contributed by atoms with Gasteiger partial charge in [-0.3, -0.25) is 0 Å². The van der Waals surface area contributed by atoms with E-state index in [0.717, 1.165) is 5.69 Å². The van der Waals surface area contributed by atoms with Crippen molar-refractivity contribution in [3.05, 3.63) is 42.7 Å². The van der Waals surface area contributed by atoms with E-state index < -0.39 is 0 Å². The largest absolute Gasteiger partial charge is 0.383 e. The molecule has 0 unspecified atom stereocenters. The second-order valence-corrected chi connectivity index (χ2v) is 3.88. The van der Waals surface area contributed by atoms with Gasteiger partial charge in [0, 0.05) is 13.7 Å². The average molecular weight is 260 g/mol. The molecular formula is C13H16N4O2. The summed E-state index contributed by atoms with van der Waals surface area (Å²) in [6, 6.07) is 9.41. The van der Waals surface area contributed by atoms with E-state index in [1.165, 1.54) is 0 Å². The molecule has 100 valence electrons. The van der Waals surface area contributed by atoms with Crippen molar-refractivity contribution < 1.29 is 9.53 Å². The van der Waals surface area contributed by atoms with Crippen LogP contribution in [0.1, 0.15) is 0 Å². The van der Waals surface area contributed by atoms with Gasteiger partial charge in [-0.2, -0.15) is 5.10 Å². The van der Waals surface area contributed by atoms with Crippen LogP contribution in [0.5, 0.6) is 0 Å². The Kier molecular flexibility index (Phi) is 4.52. The fourth-order valence-corrected chi connectivity index (χ4v) is 1.55. The molecule has 0 radical (unpaired) electrons. The minimum Gasteiger partial charge on any atom is -0.383 e. The van der Waals surface area contributed by atoms with E-state index in [1.807, 2.05) is 30.3 Å². The monoisotopic (exact) mass is 260 g/mol. The van der Waals surface area contributed by atoms with Crippen molar-refractivity contribution in [2.75, 3.05) is 25.6 Å². The predicted octanol–water partition coefficient (Wildman–Crippen LogP) is 1.64. The van der Waals surface area contributed by atoms with Crippen LogP contribution in [-0.4, -0.2) is 36.1 Å². The molecule has 0 spiro atoms. The Morgan fingerprint density at radius 2 is 2.16 bits per heavy atom. The lowest BCUT2D eigenvalue weighted by Crippen LogP contribution is -2.31. The van der Waals surface area contributed by atoms with Gasteiger partial charge in [0.15, 0.2) is 0 Å². The fourth-order valence-electron chi connectivity index (χ4n) is 1.55. The second-order valence-electron chi connectivity index (χ2n) is 3.88. The highest BCUT2D eigenvalue weighted by Crippen LogP contribution is 2.10. The van der Waals surface area contributed by atoms with Crippen LogP contribution in [-0.2, 0) is 4.74 Å². The van der Waals surface area contributed by atoms with Crippen LogP contribution in [0, 0.1) is 0 Å². The molecule has 6 nitrogen and oxygen atoms in total. The van der Waals surface area contributed by atoms with E-state index in [9.17, 15) is 4.79 Å². The van der Waals surface area contributed by atoms with Crippen molar-refractivity contribution in [2.24, 2.45) is 0 Å². The molecule has 0 fully saturated rings. The Labute approximate surface area is 111 Å². The Bertz CT molecular complexity index is 524. The number of aromatic nitrogens is 2. The molecule has 1 heterocycles. The molecule has 2 aromatic rings. The van der Waals surface area contributed by atoms with Crippen molar-refractivity contribution in [3.8, 4) is 5.69 Å². The Morgan fingerprint density at radius 3 is 2.89 bits per heavy atom. The minimum atomic E-state index is -0.273. The van der Waals surface area contributed by atoms with Crippen molar-refractivity contribution in [1.29, 1.82) is 0 Å². The van der Waals surface area contributed by atoms with E-state index in [2.05, 4.69) is 15.7 Å². The molecule has 2 N–H and O–H groups in total. The molecule has 1 aromatic heterocycles. The molecule has 0 saturated heterocycles. The van der Waals surface area contributed by atoms with Crippen LogP contribution in [0.4, 0.5) is 10.5 Å². The fraction of sp³-hybridized carbons (Fsp3) is 0.231. The molecule has 0 atom stereocenters. The summed E-state index contributed by atoms with van der Waals surface area (Å²) in [7, 11) is 1.59. The molecule has 1 aromatic carbocycles. The van der Waals surface area contributed by atoms with Crippen molar-refractivity contribution >= 4 is 11.7 Å². The molecule has 6 heteroatoms. The Balaban J connectivity index is 1.93. The first kappa shape index (κ1) is 13.1. The van der Waals surface area contributed by atoms with E-state index in [0.29, 0.717) is 18.8 Å². The third-order valence-corrected chi connectivity index (χ3v) is 2.45. The minimum absolute atomic E-state index is 0.273. The number of urea groups is 1. The highest BCUT2D eigenvalue weighted by atomic mass is 16.5. The summed E-state index contributed by atoms with van der Waals surface area (Å²) in [6.45, 7) is 0.950. The maximum atomic E-state index is 11.5. The van der Waals surface area contributed by atoms with Gasteiger partial charge in [-0.15, -0.1) is 0 Å². The van der Waals surface area contributed by atoms with Gasteiger partial charge < -0.3 is 15.4 Å². The number of anilines is 1. The van der Waals surface area contributed by atoms with E-state index in [1.54, 1.807) is 24.2 Å². The van der Waals surface area contributed by atoms with Gasteiger partial charge in [-0.25, -0.2) is 9.48 Å². The average Bonchev–Trinajstić information content (AvgIpc) is 2.88. The molecule has 2 amide bonds. The van der Waals surface area contributed by atoms with Gasteiger partial charge in [0.25, 0.3) is 0 Å². The maximum Gasteiger partial charge on any atom is 0.319 e. The molecule has 0 aliphatic carbocycles. The van der Waals surface area contributed by atoms with Gasteiger partial charge >= 0.3 is 6.03 Å². The first-order valence-electron chi connectivity index (χ1n) is 5.93. The quantitative estimate of drug-likeness (QED) is 0.803. The highest BCUT2D eigenvalue weighted by Gasteiger charge is 2.04. The summed E-state index contributed by atoms with van der Waals surface area (Å²) >= 11 is 0. The van der Waals surface area contributed by atoms with Crippen LogP contribution in [0.2, 0.25) is 0 Å². The molecule has 19 heavy (non-hydrogen) atoms. The van der Waals surface area contributed by atoms with Gasteiger partial charge in [-0.1, -0.05) is 18.2 Å². The van der Waals surface area contributed by atoms with E-state index in [-0.39, 0.29) is 6.03 Å². The molecule has 2 rings (SSSR count). The lowest BCUT2D eigenvalue weighted by molar-refractivity contribution is 0.198. The molecule has 0 aliphatic heterocycles. The normalized spacial score (nSPS) is 10.2. The summed E-state index contributed by atoms with van der Waals surface area (Å²) in [6.07, 6.45) is 3.36. The van der Waals surface area contributed by atoms with Gasteiger partial charge in [0.1, 0.15) is 0 Å². The standard InChI is InChI=1S/C13H16N4O2/c1-19-8-7-14-13(18)16-11-9-15-17(10-11)12-5-3-2-4-6-12/h2-6,9-10H,7-8H2,1H3,(H2,14,16,18). The number of hydrogen-bond donors (Lipinski definition) is 2. The number of ether oxygens (including phenoxy) is 1. The first-order chi connectivity index (χ1) is 9.29. The molecular weight excluding hydrogens is 244 g/mol. The van der Waals surface area contributed by atoms with Gasteiger partial charge in [-0.05, 0) is 12.1 Å². The number of nitrogens with zero attached hydrogens (tertiary/aromatic N) is 2. The third kappa shape index (κ3) is 3.82. The molecule has 0 saturated carbocycles. The number of para-hydroxylation sites is 1. The van der Waals surface area contributed by atoms with Crippen LogP contribution in [0.15, 0.2) is 42.7 Å². The number of rotatable bonds is 5. The van der Waals surface area contributed by atoms with E-state index in [4.69, 9.17) is 4.74 Å². The summed E-state index contributed by atoms with van der Waals surface area (Å²) in [4.78, 5) is 11.5. The number of benzene rings is 1. The molecule has 0 aliphatic rings. The maximum absolute atomic E-state index is 11.5. The highest BCUT2D eigenvalue weighted by molar-refractivity contribution is 5.88. The van der Waals surface area contributed by atoms with Crippen LogP contribution < -0.4 is 10.6 Å². The lowest BCUT2D eigenvalue weighted by Gasteiger charge is -2.04. The van der Waals surface area contributed by atoms with Gasteiger partial charge in [0.2, 0.25) is 0 Å². The number of carbonyl (C=O) groups is 1. The smallest absolute Gasteiger partial charge is 0.319 e. The predicted molar refractivity (Wildman–Crippen MR) is 72.5 cm³/mol. The number of amides is 2. The zero-order chi connectivity index (χ0) is 13.5. The van der Waals surface area contributed by atoms with E-state index >= 15 is 0 Å². The molecule has 0 bridgehead atoms. The SMILES string of the molecule is COCCNC(=O)Nc1cnn(-c2ccccc2)c1. The topological polar surface area (TPSA) is 68.2 Å². The van der Waals surface area contributed by atoms with Crippen molar-refractivity contribution in [1.82, 2.24) is 15.1 Å². The van der Waals surface area contributed by atoms with Crippen molar-refractivity contribution in [2.45, 2.75) is 0 Å². The third-order valence-electron chi connectivity index (χ3n) is 2.45. The Hall–Kier alpha value is -2.34. The summed E-state index contributed by atoms with van der Waals surface area (Å²) in [5, 5.41) is 9.56. The van der Waals surface area contributed by atoms with Crippen LogP contribution in [0.3, 0.4) is 0 Å². The number of hydrogen-bond acceptors (Lipinski definition) is 3. The van der Waals surface area contributed by atoms with Crippen LogP contribution >= 0.6 is 0 Å². The number of nitrogens with one attached hydrogen (secondary N) is 2. The summed E-state index contributed by atoms with van der Waals surface area (Å²) in [5.74, 6) is 0.